The fraction of sp³-hybridized carbons (Fsp3) is 0.109. The Hall–Kier alpha value is -6.33. The van der Waals surface area contributed by atoms with Crippen LogP contribution in [0.2, 0.25) is 0 Å². The maximum atomic E-state index is 5.29. The lowest BCUT2D eigenvalue weighted by atomic mass is 9.91. The van der Waals surface area contributed by atoms with E-state index in [1.165, 1.54) is 0 Å². The normalized spacial score (nSPS) is 25.1. The van der Waals surface area contributed by atoms with Crippen LogP contribution in [0.15, 0.2) is 197 Å². The third-order valence-electron chi connectivity index (χ3n) is 8.98. The summed E-state index contributed by atoms with van der Waals surface area (Å²) in [6.45, 7) is 15.3. The second kappa shape index (κ2) is 15.9. The molecule has 0 saturated carbocycles. The van der Waals surface area contributed by atoms with Crippen LogP contribution >= 0.6 is 0 Å². The monoisotopic (exact) mass is 663 g/mol. The van der Waals surface area contributed by atoms with E-state index in [2.05, 4.69) is 134 Å². The van der Waals surface area contributed by atoms with Crippen LogP contribution in [0.25, 0.3) is 22.3 Å². The highest BCUT2D eigenvalue weighted by atomic mass is 14.8. The van der Waals surface area contributed by atoms with E-state index >= 15 is 0 Å². The maximum absolute atomic E-state index is 5.29. The van der Waals surface area contributed by atoms with Crippen molar-refractivity contribution in [3.05, 3.63) is 215 Å². The van der Waals surface area contributed by atoms with Crippen LogP contribution in [0.3, 0.4) is 0 Å². The molecule has 6 rings (SSSR count). The van der Waals surface area contributed by atoms with E-state index in [0.717, 1.165) is 89.4 Å². The molecule has 0 aromatic carbocycles. The van der Waals surface area contributed by atoms with E-state index in [1.54, 1.807) is 12.4 Å². The topological polar surface area (TPSA) is 63.9 Å². The van der Waals surface area contributed by atoms with Gasteiger partial charge >= 0.3 is 0 Å². The van der Waals surface area contributed by atoms with Crippen LogP contribution in [-0.2, 0) is 0 Å². The minimum absolute atomic E-state index is 0.879. The first-order valence-corrected chi connectivity index (χ1v) is 17.0. The lowest BCUT2D eigenvalue weighted by Gasteiger charge is -2.14. The van der Waals surface area contributed by atoms with Gasteiger partial charge in [0, 0.05) is 71.8 Å². The Kier molecular flexibility index (Phi) is 10.8. The molecular weight excluding hydrogens is 623 g/mol. The van der Waals surface area contributed by atoms with Gasteiger partial charge in [0.1, 0.15) is 0 Å². The van der Waals surface area contributed by atoms with Crippen LogP contribution in [0, 0.1) is 0 Å². The quantitative estimate of drug-likeness (QED) is 0.218. The molecule has 6 heterocycles. The van der Waals surface area contributed by atoms with Gasteiger partial charge in [-0.25, -0.2) is 4.99 Å². The molecule has 2 bridgehead atoms. The highest BCUT2D eigenvalue weighted by Crippen LogP contribution is 2.35. The maximum Gasteiger partial charge on any atom is 0.0719 e. The largest absolute Gasteiger partial charge is 0.265 e. The average molecular weight is 664 g/mol. The number of pyridine rings is 4. The summed E-state index contributed by atoms with van der Waals surface area (Å²) in [6.07, 6.45) is 31.9. The van der Waals surface area contributed by atoms with Crippen molar-refractivity contribution >= 4 is 28.0 Å². The highest BCUT2D eigenvalue weighted by Gasteiger charge is 2.19. The van der Waals surface area contributed by atoms with Gasteiger partial charge in [-0.15, -0.1) is 0 Å². The molecule has 0 N–H and O–H groups in total. The van der Waals surface area contributed by atoms with E-state index in [-0.39, 0.29) is 0 Å². The zero-order valence-electron chi connectivity index (χ0n) is 29.8. The van der Waals surface area contributed by atoms with Crippen LogP contribution < -0.4 is 0 Å². The minimum atomic E-state index is 0.879. The van der Waals surface area contributed by atoms with Crippen LogP contribution in [-0.4, -0.2) is 25.6 Å². The van der Waals surface area contributed by atoms with E-state index in [1.807, 2.05) is 61.4 Å². The van der Waals surface area contributed by atoms with E-state index in [4.69, 9.17) is 4.99 Å². The molecule has 5 nitrogen and oxygen atoms in total. The van der Waals surface area contributed by atoms with Crippen LogP contribution in [0.4, 0.5) is 0 Å². The average Bonchev–Trinajstić information content (AvgIpc) is 3.62. The van der Waals surface area contributed by atoms with Crippen molar-refractivity contribution in [2.24, 2.45) is 4.99 Å². The first kappa shape index (κ1) is 34.5. The molecule has 0 amide bonds. The Morgan fingerprint density at radius 2 is 0.922 bits per heavy atom. The summed E-state index contributed by atoms with van der Waals surface area (Å²) in [5.41, 5.74) is 16.5. The van der Waals surface area contributed by atoms with E-state index in [9.17, 15) is 0 Å². The zero-order valence-corrected chi connectivity index (χ0v) is 29.8. The van der Waals surface area contributed by atoms with Gasteiger partial charge in [-0.1, -0.05) is 55.2 Å². The molecule has 0 saturated heterocycles. The predicted molar refractivity (Wildman–Crippen MR) is 213 cm³/mol. The van der Waals surface area contributed by atoms with Gasteiger partial charge in [0.2, 0.25) is 0 Å². The second-order valence-electron chi connectivity index (χ2n) is 12.6. The third-order valence-corrected chi connectivity index (χ3v) is 8.98. The molecule has 2 aliphatic rings. The van der Waals surface area contributed by atoms with Crippen molar-refractivity contribution in [2.45, 2.75) is 34.6 Å². The smallest absolute Gasteiger partial charge is 0.0719 e. The van der Waals surface area contributed by atoms with E-state index in [0.29, 0.717) is 0 Å². The predicted octanol–water partition coefficient (Wildman–Crippen LogP) is 11.0. The number of hydrogen-bond donors (Lipinski definition) is 0. The number of allylic oxidation sites excluding steroid dienone is 18. The van der Waals surface area contributed by atoms with Gasteiger partial charge in [-0.3, -0.25) is 19.9 Å². The highest BCUT2D eigenvalue weighted by molar-refractivity contribution is 6.31. The minimum Gasteiger partial charge on any atom is -0.265 e. The van der Waals surface area contributed by atoms with Crippen molar-refractivity contribution in [2.75, 3.05) is 0 Å². The van der Waals surface area contributed by atoms with Crippen molar-refractivity contribution in [1.82, 2.24) is 19.9 Å². The number of fused-ring (bicyclic) bond motifs is 1. The van der Waals surface area contributed by atoms with Gasteiger partial charge in [-0.05, 0) is 139 Å². The fourth-order valence-electron chi connectivity index (χ4n) is 6.51. The Morgan fingerprint density at radius 1 is 0.431 bits per heavy atom. The van der Waals surface area contributed by atoms with Crippen LogP contribution in [0.5, 0.6) is 0 Å². The standard InChI is InChI=1S/C46H41N5/c1-31-11-12-33(3)44(39-9-7-23-49-29-39)34(4)14-16-36(6)46(40-10-8-24-50-30-40)42-18-17-41(51-42)45(38-21-27-48-28-22-38)35(5)15-13-32(2)43(31)37-19-25-47-26-20-37/h7-30H,3H2,1-2,4-6H3/b12-11-,16-14-,32-13+,35-15+,43-31-,44-34-,45-41+,46-36+. The lowest BCUT2D eigenvalue weighted by Crippen LogP contribution is -2.00. The molecule has 51 heavy (non-hydrogen) atoms. The summed E-state index contributed by atoms with van der Waals surface area (Å²) in [4.78, 5) is 22.8. The number of aromatic nitrogens is 4. The molecule has 4 aromatic rings. The van der Waals surface area contributed by atoms with Crippen molar-refractivity contribution < 1.29 is 0 Å². The van der Waals surface area contributed by atoms with Gasteiger partial charge in [-0.2, -0.15) is 0 Å². The van der Waals surface area contributed by atoms with Crippen molar-refractivity contribution in [3.8, 4) is 0 Å². The van der Waals surface area contributed by atoms with Gasteiger partial charge in [0.05, 0.1) is 11.4 Å². The molecule has 0 fully saturated rings. The molecule has 2 aliphatic heterocycles. The summed E-state index contributed by atoms with van der Waals surface area (Å²) in [5, 5.41) is 0. The number of nitrogens with zero attached hydrogens (tertiary/aromatic N) is 5. The lowest BCUT2D eigenvalue weighted by molar-refractivity contribution is 1.30. The van der Waals surface area contributed by atoms with Gasteiger partial charge in [0.25, 0.3) is 0 Å². The second-order valence-corrected chi connectivity index (χ2v) is 12.6. The molecule has 250 valence electrons. The summed E-state index contributed by atoms with van der Waals surface area (Å²) in [7, 11) is 0. The third kappa shape index (κ3) is 7.95. The summed E-state index contributed by atoms with van der Waals surface area (Å²) in [5.74, 6) is 0. The first-order valence-electron chi connectivity index (χ1n) is 17.0. The summed E-state index contributed by atoms with van der Waals surface area (Å²) in [6, 6.07) is 16.3. The number of aliphatic imine (C=N–C) groups is 1. The molecule has 0 atom stereocenters. The molecule has 0 aliphatic carbocycles. The molecular formula is C46H41N5. The van der Waals surface area contributed by atoms with Gasteiger partial charge in [0.15, 0.2) is 0 Å². The number of rotatable bonds is 4. The Labute approximate surface area is 301 Å². The zero-order chi connectivity index (χ0) is 35.7. The van der Waals surface area contributed by atoms with E-state index < -0.39 is 0 Å². The van der Waals surface area contributed by atoms with Gasteiger partial charge < -0.3 is 0 Å². The summed E-state index contributed by atoms with van der Waals surface area (Å²) >= 11 is 0. The number of hydrogen-bond acceptors (Lipinski definition) is 5. The van der Waals surface area contributed by atoms with Crippen LogP contribution in [0.1, 0.15) is 56.9 Å². The fourth-order valence-corrected chi connectivity index (χ4v) is 6.51. The van der Waals surface area contributed by atoms with Crippen molar-refractivity contribution in [1.29, 1.82) is 0 Å². The Balaban J connectivity index is 1.65. The van der Waals surface area contributed by atoms with Crippen molar-refractivity contribution in [3.63, 3.8) is 0 Å². The molecule has 4 aromatic heterocycles. The first-order chi connectivity index (χ1) is 24.8. The SMILES string of the molecule is C=C1\C=C/C(C)=C(c2ccncc2)/C(C)=C/C=C(C)/C(c2ccncc2)=C2/C=CC(=N2)/C(c2cccnc2)=C(C)/C=C\C(C)=C\1c1cccnc1. The molecule has 5 heteroatoms. The summed E-state index contributed by atoms with van der Waals surface area (Å²) < 4.78 is 0. The Bertz CT molecular complexity index is 2260. The Morgan fingerprint density at radius 3 is 1.49 bits per heavy atom. The molecule has 0 spiro atoms. The molecule has 0 unspecified atom stereocenters. The molecule has 0 radical (unpaired) electrons.